The van der Waals surface area contributed by atoms with Crippen LogP contribution in [0, 0.1) is 13.8 Å². The monoisotopic (exact) mass is 448 g/mol. The smallest absolute Gasteiger partial charge is 0.244 e. The van der Waals surface area contributed by atoms with Crippen LogP contribution in [0.25, 0.3) is 6.08 Å². The van der Waals surface area contributed by atoms with Gasteiger partial charge in [0.2, 0.25) is 5.91 Å². The molecule has 1 aliphatic heterocycles. The second-order valence-corrected chi connectivity index (χ2v) is 7.57. The Morgan fingerprint density at radius 3 is 2.79 bits per heavy atom. The van der Waals surface area contributed by atoms with E-state index in [-0.39, 0.29) is 12.4 Å². The van der Waals surface area contributed by atoms with Gasteiger partial charge in [-0.25, -0.2) is 0 Å². The second-order valence-electron chi connectivity index (χ2n) is 7.57. The van der Waals surface area contributed by atoms with Gasteiger partial charge in [0.25, 0.3) is 0 Å². The lowest BCUT2D eigenvalue weighted by molar-refractivity contribution is -0.117. The molecular weight excluding hydrogens is 424 g/mol. The van der Waals surface area contributed by atoms with Gasteiger partial charge >= 0.3 is 0 Å². The average Bonchev–Trinajstić information content (AvgIpc) is 3.15. The number of nitrogens with one attached hydrogen (secondary N) is 1. The summed E-state index contributed by atoms with van der Waals surface area (Å²) >= 11 is 0. The highest BCUT2D eigenvalue weighted by Crippen LogP contribution is 2.30. The van der Waals surface area contributed by atoms with E-state index in [1.807, 2.05) is 13.8 Å². The molecule has 0 aliphatic carbocycles. The van der Waals surface area contributed by atoms with Crippen molar-refractivity contribution in [2.75, 3.05) is 13.7 Å². The Kier molecular flexibility index (Phi) is 6.44. The quantitative estimate of drug-likeness (QED) is 0.551. The van der Waals surface area contributed by atoms with E-state index in [0.717, 1.165) is 16.8 Å². The number of benzene rings is 2. The van der Waals surface area contributed by atoms with Gasteiger partial charge in [0.15, 0.2) is 17.3 Å². The maximum absolute atomic E-state index is 12.6. The molecule has 1 aromatic heterocycles. The number of carbonyl (C=O) groups excluding carboxylic acids is 2. The van der Waals surface area contributed by atoms with E-state index in [1.165, 1.54) is 6.08 Å². The normalized spacial score (nSPS) is 15.1. The highest BCUT2D eigenvalue weighted by Gasteiger charge is 2.29. The zero-order valence-electron chi connectivity index (χ0n) is 18.6. The summed E-state index contributed by atoms with van der Waals surface area (Å²) in [6.45, 7) is 4.09. The van der Waals surface area contributed by atoms with Crippen LogP contribution in [-0.4, -0.2) is 36.6 Å². The Morgan fingerprint density at radius 2 is 2.03 bits per heavy atom. The lowest BCUT2D eigenvalue weighted by Crippen LogP contribution is -2.46. The molecule has 0 fully saturated rings. The van der Waals surface area contributed by atoms with Crippen LogP contribution in [0.15, 0.2) is 53.1 Å². The SMILES string of the molecule is COc1cc(/C=C/C(=O)NC2COc3ccccc3C2=O)ccc1OCc1c(C)noc1C. The van der Waals surface area contributed by atoms with Crippen molar-refractivity contribution in [3.05, 3.63) is 76.7 Å². The van der Waals surface area contributed by atoms with Crippen LogP contribution in [-0.2, 0) is 11.4 Å². The van der Waals surface area contributed by atoms with E-state index in [4.69, 9.17) is 18.7 Å². The zero-order chi connectivity index (χ0) is 23.4. The van der Waals surface area contributed by atoms with Crippen LogP contribution in [0.2, 0.25) is 0 Å². The Morgan fingerprint density at radius 1 is 1.21 bits per heavy atom. The highest BCUT2D eigenvalue weighted by molar-refractivity contribution is 6.06. The van der Waals surface area contributed by atoms with Gasteiger partial charge in [0.1, 0.15) is 30.8 Å². The molecule has 3 aromatic rings. The molecule has 4 rings (SSSR count). The van der Waals surface area contributed by atoms with Gasteiger partial charge in [-0.3, -0.25) is 9.59 Å². The molecule has 0 radical (unpaired) electrons. The van der Waals surface area contributed by atoms with Crippen molar-refractivity contribution in [3.63, 3.8) is 0 Å². The largest absolute Gasteiger partial charge is 0.493 e. The van der Waals surface area contributed by atoms with Crippen molar-refractivity contribution in [1.29, 1.82) is 0 Å². The van der Waals surface area contributed by atoms with Gasteiger partial charge in [0, 0.05) is 6.08 Å². The fourth-order valence-electron chi connectivity index (χ4n) is 3.50. The third-order valence-electron chi connectivity index (χ3n) is 5.36. The number of ketones is 1. The molecule has 0 spiro atoms. The van der Waals surface area contributed by atoms with Gasteiger partial charge in [0.05, 0.1) is 23.9 Å². The number of aryl methyl sites for hydroxylation is 2. The molecule has 170 valence electrons. The molecule has 0 saturated carbocycles. The number of amides is 1. The number of ether oxygens (including phenoxy) is 3. The molecule has 8 nitrogen and oxygen atoms in total. The zero-order valence-corrected chi connectivity index (χ0v) is 18.6. The van der Waals surface area contributed by atoms with Crippen molar-refractivity contribution in [2.45, 2.75) is 26.5 Å². The Bertz CT molecular complexity index is 1190. The Labute approximate surface area is 191 Å². The molecule has 1 unspecified atom stereocenters. The standard InChI is InChI=1S/C25H24N2O6/c1-15-19(16(2)33-27-15)13-31-22-10-8-17(12-23(22)30-3)9-11-24(28)26-20-14-32-21-7-5-4-6-18(21)25(20)29/h4-12,20H,13-14H2,1-3H3,(H,26,28)/b11-9+. The van der Waals surface area contributed by atoms with Crippen molar-refractivity contribution in [1.82, 2.24) is 10.5 Å². The number of methoxy groups -OCH3 is 1. The summed E-state index contributed by atoms with van der Waals surface area (Å²) < 4.78 is 22.0. The number of aromatic nitrogens is 1. The van der Waals surface area contributed by atoms with E-state index in [0.29, 0.717) is 35.2 Å². The first-order valence-electron chi connectivity index (χ1n) is 10.4. The van der Waals surface area contributed by atoms with E-state index >= 15 is 0 Å². The summed E-state index contributed by atoms with van der Waals surface area (Å²) in [6.07, 6.45) is 3.00. The summed E-state index contributed by atoms with van der Waals surface area (Å²) in [5, 5.41) is 6.62. The molecule has 33 heavy (non-hydrogen) atoms. The maximum atomic E-state index is 12.6. The molecule has 2 heterocycles. The molecule has 0 bridgehead atoms. The number of para-hydroxylation sites is 1. The number of Topliss-reactive ketones (excluding diaryl/α,β-unsaturated/α-hetero) is 1. The fourth-order valence-corrected chi connectivity index (χ4v) is 3.50. The summed E-state index contributed by atoms with van der Waals surface area (Å²) in [7, 11) is 1.55. The van der Waals surface area contributed by atoms with Gasteiger partial charge in [-0.15, -0.1) is 0 Å². The molecular formula is C25H24N2O6. The molecule has 2 aromatic carbocycles. The minimum atomic E-state index is -0.730. The van der Waals surface area contributed by atoms with Gasteiger partial charge in [-0.1, -0.05) is 23.4 Å². The lowest BCUT2D eigenvalue weighted by Gasteiger charge is -2.24. The number of nitrogens with zero attached hydrogens (tertiary/aromatic N) is 1. The van der Waals surface area contributed by atoms with Crippen LogP contribution in [0.1, 0.15) is 32.9 Å². The fraction of sp³-hybridized carbons (Fsp3) is 0.240. The first kappa shape index (κ1) is 22.1. The van der Waals surface area contributed by atoms with Crippen LogP contribution < -0.4 is 19.5 Å². The highest BCUT2D eigenvalue weighted by atomic mass is 16.5. The van der Waals surface area contributed by atoms with Crippen LogP contribution in [0.5, 0.6) is 17.2 Å². The molecule has 1 N–H and O–H groups in total. The van der Waals surface area contributed by atoms with Crippen molar-refractivity contribution in [3.8, 4) is 17.2 Å². The number of hydrogen-bond acceptors (Lipinski definition) is 7. The topological polar surface area (TPSA) is 99.9 Å². The van der Waals surface area contributed by atoms with E-state index in [1.54, 1.807) is 55.7 Å². The van der Waals surface area contributed by atoms with Crippen molar-refractivity contribution < 1.29 is 28.3 Å². The predicted octanol–water partition coefficient (Wildman–Crippen LogP) is 3.65. The lowest BCUT2D eigenvalue weighted by atomic mass is 10.0. The molecule has 0 saturated heterocycles. The Hall–Kier alpha value is -4.07. The van der Waals surface area contributed by atoms with Crippen LogP contribution in [0.4, 0.5) is 0 Å². The van der Waals surface area contributed by atoms with Crippen molar-refractivity contribution >= 4 is 17.8 Å². The minimum Gasteiger partial charge on any atom is -0.493 e. The average molecular weight is 448 g/mol. The third-order valence-corrected chi connectivity index (χ3v) is 5.36. The summed E-state index contributed by atoms with van der Waals surface area (Å²) in [5.41, 5.74) is 2.88. The van der Waals surface area contributed by atoms with Crippen LogP contribution in [0.3, 0.4) is 0 Å². The van der Waals surface area contributed by atoms with Gasteiger partial charge in [-0.05, 0) is 49.8 Å². The third kappa shape index (κ3) is 4.90. The Balaban J connectivity index is 1.39. The number of fused-ring (bicyclic) bond motifs is 1. The van der Waals surface area contributed by atoms with E-state index in [9.17, 15) is 9.59 Å². The first-order valence-corrected chi connectivity index (χ1v) is 10.4. The number of hydrogen-bond donors (Lipinski definition) is 1. The predicted molar refractivity (Wildman–Crippen MR) is 121 cm³/mol. The van der Waals surface area contributed by atoms with Crippen molar-refractivity contribution in [2.24, 2.45) is 0 Å². The van der Waals surface area contributed by atoms with Gasteiger partial charge in [-0.2, -0.15) is 0 Å². The number of rotatable bonds is 7. The summed E-state index contributed by atoms with van der Waals surface area (Å²) in [5.74, 6) is 1.77. The minimum absolute atomic E-state index is 0.0976. The second kappa shape index (κ2) is 9.60. The number of carbonyl (C=O) groups is 2. The van der Waals surface area contributed by atoms with Gasteiger partial charge < -0.3 is 24.1 Å². The molecule has 1 amide bonds. The maximum Gasteiger partial charge on any atom is 0.244 e. The summed E-state index contributed by atoms with van der Waals surface area (Å²) in [4.78, 5) is 25.0. The molecule has 8 heteroatoms. The van der Waals surface area contributed by atoms with Crippen LogP contribution >= 0.6 is 0 Å². The van der Waals surface area contributed by atoms with E-state index < -0.39 is 11.9 Å². The molecule has 1 atom stereocenters. The van der Waals surface area contributed by atoms with E-state index in [2.05, 4.69) is 10.5 Å². The first-order chi connectivity index (χ1) is 16.0. The summed E-state index contributed by atoms with van der Waals surface area (Å²) in [6, 6.07) is 11.6. The molecule has 1 aliphatic rings.